The first kappa shape index (κ1) is 15.2. The van der Waals surface area contributed by atoms with Crippen LogP contribution in [0, 0.1) is 0 Å². The third kappa shape index (κ3) is 2.92. The summed E-state index contributed by atoms with van der Waals surface area (Å²) in [6.45, 7) is 0. The molecule has 2 aromatic rings. The van der Waals surface area contributed by atoms with Crippen LogP contribution in [-0.2, 0) is 0 Å². The Kier molecular flexibility index (Phi) is 4.91. The van der Waals surface area contributed by atoms with Crippen molar-refractivity contribution in [3.8, 4) is 11.5 Å². The fourth-order valence-corrected chi connectivity index (χ4v) is 2.55. The van der Waals surface area contributed by atoms with E-state index in [0.29, 0.717) is 22.1 Å². The molecule has 0 radical (unpaired) electrons. The van der Waals surface area contributed by atoms with Gasteiger partial charge >= 0.3 is 0 Å². The van der Waals surface area contributed by atoms with Gasteiger partial charge in [0.05, 0.1) is 14.2 Å². The highest BCUT2D eigenvalue weighted by Crippen LogP contribution is 2.41. The minimum absolute atomic E-state index is 0.351. The van der Waals surface area contributed by atoms with Crippen molar-refractivity contribution in [1.29, 1.82) is 0 Å². The SMILES string of the molecule is COc1ccc(C(O)c2ccc(Br)cc2)c(OC)c1Cl. The van der Waals surface area contributed by atoms with Crippen LogP contribution in [0.2, 0.25) is 5.02 Å². The van der Waals surface area contributed by atoms with E-state index in [4.69, 9.17) is 21.1 Å². The Balaban J connectivity index is 2.46. The van der Waals surface area contributed by atoms with Crippen molar-refractivity contribution in [2.24, 2.45) is 0 Å². The molecule has 0 saturated heterocycles. The first-order valence-corrected chi connectivity index (χ1v) is 7.09. The normalized spacial score (nSPS) is 12.1. The third-order valence-electron chi connectivity index (χ3n) is 3.00. The summed E-state index contributed by atoms with van der Waals surface area (Å²) in [4.78, 5) is 0. The van der Waals surface area contributed by atoms with Gasteiger partial charge in [0, 0.05) is 10.0 Å². The van der Waals surface area contributed by atoms with Gasteiger partial charge in [-0.1, -0.05) is 39.7 Å². The van der Waals surface area contributed by atoms with Gasteiger partial charge in [-0.05, 0) is 29.8 Å². The average Bonchev–Trinajstić information content (AvgIpc) is 2.47. The van der Waals surface area contributed by atoms with E-state index in [1.807, 2.05) is 24.3 Å². The lowest BCUT2D eigenvalue weighted by Crippen LogP contribution is -2.03. The van der Waals surface area contributed by atoms with E-state index >= 15 is 0 Å². The molecule has 1 atom stereocenters. The maximum absolute atomic E-state index is 10.5. The highest BCUT2D eigenvalue weighted by Gasteiger charge is 2.20. The Morgan fingerprint density at radius 2 is 1.70 bits per heavy atom. The predicted octanol–water partition coefficient (Wildman–Crippen LogP) is 4.20. The molecule has 106 valence electrons. The van der Waals surface area contributed by atoms with E-state index in [1.54, 1.807) is 12.1 Å². The minimum atomic E-state index is -0.818. The van der Waals surface area contributed by atoms with Crippen LogP contribution in [0.1, 0.15) is 17.2 Å². The van der Waals surface area contributed by atoms with Gasteiger partial charge in [-0.2, -0.15) is 0 Å². The zero-order valence-electron chi connectivity index (χ0n) is 11.1. The molecule has 0 amide bonds. The first-order valence-electron chi connectivity index (χ1n) is 5.92. The first-order chi connectivity index (χ1) is 9.58. The average molecular weight is 358 g/mol. The van der Waals surface area contributed by atoms with E-state index in [9.17, 15) is 5.11 Å². The second kappa shape index (κ2) is 6.48. The molecule has 20 heavy (non-hydrogen) atoms. The molecule has 0 aliphatic rings. The molecule has 0 aliphatic carbocycles. The maximum Gasteiger partial charge on any atom is 0.147 e. The van der Waals surface area contributed by atoms with Gasteiger partial charge < -0.3 is 14.6 Å². The van der Waals surface area contributed by atoms with Gasteiger partial charge in [-0.15, -0.1) is 0 Å². The molecule has 5 heteroatoms. The zero-order chi connectivity index (χ0) is 14.7. The van der Waals surface area contributed by atoms with Crippen LogP contribution in [0.3, 0.4) is 0 Å². The van der Waals surface area contributed by atoms with Crippen molar-refractivity contribution in [2.75, 3.05) is 14.2 Å². The molecular weight excluding hydrogens is 344 g/mol. The smallest absolute Gasteiger partial charge is 0.147 e. The summed E-state index contributed by atoms with van der Waals surface area (Å²) in [7, 11) is 3.05. The molecule has 0 aromatic heterocycles. The number of rotatable bonds is 4. The molecule has 3 nitrogen and oxygen atoms in total. The summed E-state index contributed by atoms with van der Waals surface area (Å²) >= 11 is 9.57. The van der Waals surface area contributed by atoms with Crippen LogP contribution in [0.4, 0.5) is 0 Å². The molecule has 0 spiro atoms. The highest BCUT2D eigenvalue weighted by molar-refractivity contribution is 9.10. The van der Waals surface area contributed by atoms with Crippen LogP contribution in [-0.4, -0.2) is 19.3 Å². The van der Waals surface area contributed by atoms with Crippen LogP contribution >= 0.6 is 27.5 Å². The zero-order valence-corrected chi connectivity index (χ0v) is 13.4. The molecule has 0 aliphatic heterocycles. The summed E-state index contributed by atoms with van der Waals surface area (Å²) in [5.74, 6) is 0.928. The number of hydrogen-bond donors (Lipinski definition) is 1. The lowest BCUT2D eigenvalue weighted by molar-refractivity contribution is 0.214. The molecule has 0 bridgehead atoms. The summed E-state index contributed by atoms with van der Waals surface area (Å²) in [5, 5.41) is 10.8. The van der Waals surface area contributed by atoms with Crippen molar-refractivity contribution >= 4 is 27.5 Å². The number of halogens is 2. The fourth-order valence-electron chi connectivity index (χ4n) is 1.96. The van der Waals surface area contributed by atoms with Crippen molar-refractivity contribution in [3.63, 3.8) is 0 Å². The molecule has 2 aromatic carbocycles. The Labute approximate surface area is 131 Å². The van der Waals surface area contributed by atoms with Crippen LogP contribution < -0.4 is 9.47 Å². The van der Waals surface area contributed by atoms with E-state index < -0.39 is 6.10 Å². The summed E-state index contributed by atoms with van der Waals surface area (Å²) < 4.78 is 11.4. The number of aliphatic hydroxyl groups is 1. The molecule has 1 N–H and O–H groups in total. The Morgan fingerprint density at radius 1 is 1.05 bits per heavy atom. The summed E-state index contributed by atoms with van der Waals surface area (Å²) in [6, 6.07) is 10.9. The molecule has 0 saturated carbocycles. The second-order valence-corrected chi connectivity index (χ2v) is 5.45. The highest BCUT2D eigenvalue weighted by atomic mass is 79.9. The van der Waals surface area contributed by atoms with Crippen molar-refractivity contribution in [1.82, 2.24) is 0 Å². The van der Waals surface area contributed by atoms with Crippen molar-refractivity contribution < 1.29 is 14.6 Å². The summed E-state index contributed by atoms with van der Waals surface area (Å²) in [6.07, 6.45) is -0.818. The fraction of sp³-hybridized carbons (Fsp3) is 0.200. The lowest BCUT2D eigenvalue weighted by Gasteiger charge is -2.17. The molecule has 0 heterocycles. The van der Waals surface area contributed by atoms with Crippen LogP contribution in [0.15, 0.2) is 40.9 Å². The van der Waals surface area contributed by atoms with Crippen molar-refractivity contribution in [2.45, 2.75) is 6.10 Å². The van der Waals surface area contributed by atoms with E-state index in [2.05, 4.69) is 15.9 Å². The Hall–Kier alpha value is -1.23. The largest absolute Gasteiger partial charge is 0.495 e. The van der Waals surface area contributed by atoms with Crippen LogP contribution in [0.5, 0.6) is 11.5 Å². The molecular formula is C15H14BrClO3. The molecule has 1 unspecified atom stereocenters. The second-order valence-electron chi connectivity index (χ2n) is 4.16. The van der Waals surface area contributed by atoms with Gasteiger partial charge in [0.2, 0.25) is 0 Å². The van der Waals surface area contributed by atoms with Gasteiger partial charge in [0.15, 0.2) is 0 Å². The monoisotopic (exact) mass is 356 g/mol. The standard InChI is InChI=1S/C15H14BrClO3/c1-19-12-8-7-11(15(20-2)13(12)17)14(18)9-3-5-10(16)6-4-9/h3-8,14,18H,1-2H3. The van der Waals surface area contributed by atoms with Gasteiger partial charge in [-0.3, -0.25) is 0 Å². The topological polar surface area (TPSA) is 38.7 Å². The van der Waals surface area contributed by atoms with Crippen molar-refractivity contribution in [3.05, 3.63) is 57.0 Å². The van der Waals surface area contributed by atoms with E-state index in [1.165, 1.54) is 14.2 Å². The van der Waals surface area contributed by atoms with Gasteiger partial charge in [-0.25, -0.2) is 0 Å². The van der Waals surface area contributed by atoms with Gasteiger partial charge in [0.25, 0.3) is 0 Å². The third-order valence-corrected chi connectivity index (χ3v) is 3.88. The maximum atomic E-state index is 10.5. The molecule has 2 rings (SSSR count). The lowest BCUT2D eigenvalue weighted by atomic mass is 10.0. The number of benzene rings is 2. The number of hydrogen-bond acceptors (Lipinski definition) is 3. The van der Waals surface area contributed by atoms with E-state index in [-0.39, 0.29) is 0 Å². The number of ether oxygens (including phenoxy) is 2. The minimum Gasteiger partial charge on any atom is -0.495 e. The number of methoxy groups -OCH3 is 2. The number of aliphatic hydroxyl groups excluding tert-OH is 1. The Bertz CT molecular complexity index is 599. The van der Waals surface area contributed by atoms with E-state index in [0.717, 1.165) is 10.0 Å². The van der Waals surface area contributed by atoms with Gasteiger partial charge in [0.1, 0.15) is 22.6 Å². The Morgan fingerprint density at radius 3 is 2.25 bits per heavy atom. The molecule has 0 fully saturated rings. The predicted molar refractivity (Wildman–Crippen MR) is 82.8 cm³/mol. The van der Waals surface area contributed by atoms with Crippen LogP contribution in [0.25, 0.3) is 0 Å². The quantitative estimate of drug-likeness (QED) is 0.891. The summed E-state index contributed by atoms with van der Waals surface area (Å²) in [5.41, 5.74) is 1.35.